The number of imidazole rings is 1. The molecule has 0 aliphatic carbocycles. The zero-order valence-corrected chi connectivity index (χ0v) is 10.1. The van der Waals surface area contributed by atoms with Crippen molar-refractivity contribution in [1.29, 1.82) is 0 Å². The van der Waals surface area contributed by atoms with Gasteiger partial charge in [0, 0.05) is 5.57 Å². The molecule has 2 rings (SSSR count). The third-order valence-electron chi connectivity index (χ3n) is 2.55. The summed E-state index contributed by atoms with van der Waals surface area (Å²) in [4.78, 5) is 7.88. The molecule has 0 aliphatic heterocycles. The van der Waals surface area contributed by atoms with Crippen molar-refractivity contribution in [1.82, 2.24) is 9.97 Å². The van der Waals surface area contributed by atoms with Crippen molar-refractivity contribution < 1.29 is 0 Å². The molecule has 2 heteroatoms. The Morgan fingerprint density at radius 2 is 2.00 bits per heavy atom. The van der Waals surface area contributed by atoms with Gasteiger partial charge in [-0.2, -0.15) is 0 Å². The van der Waals surface area contributed by atoms with E-state index in [9.17, 15) is 0 Å². The predicted octanol–water partition coefficient (Wildman–Crippen LogP) is 4.10. The lowest BCUT2D eigenvalue weighted by Gasteiger charge is -1.94. The summed E-state index contributed by atoms with van der Waals surface area (Å²) < 4.78 is 0. The molecule has 17 heavy (non-hydrogen) atoms. The highest BCUT2D eigenvalue weighted by Crippen LogP contribution is 2.17. The summed E-state index contributed by atoms with van der Waals surface area (Å²) in [6.07, 6.45) is 10.1. The largest absolute Gasteiger partial charge is 0.338 e. The van der Waals surface area contributed by atoms with Crippen LogP contribution in [-0.2, 0) is 0 Å². The molecule has 2 aromatic rings. The Kier molecular flexibility index (Phi) is 3.55. The number of hydrogen-bond acceptors (Lipinski definition) is 1. The second-order valence-corrected chi connectivity index (χ2v) is 3.73. The SMILES string of the molecule is C\C=C/C=C\C(=C/C)c1nc2ccccc2[nH]1. The Labute approximate surface area is 101 Å². The molecule has 0 saturated carbocycles. The van der Waals surface area contributed by atoms with Crippen molar-refractivity contribution in [2.75, 3.05) is 0 Å². The van der Waals surface area contributed by atoms with Gasteiger partial charge in [-0.05, 0) is 26.0 Å². The van der Waals surface area contributed by atoms with E-state index in [0.717, 1.165) is 22.4 Å². The molecule has 1 aromatic carbocycles. The first-order chi connectivity index (χ1) is 8.35. The number of benzene rings is 1. The first-order valence-corrected chi connectivity index (χ1v) is 5.76. The van der Waals surface area contributed by atoms with Crippen LogP contribution in [0.4, 0.5) is 0 Å². The molecule has 0 saturated heterocycles. The Hall–Kier alpha value is -2.09. The van der Waals surface area contributed by atoms with Gasteiger partial charge in [0.15, 0.2) is 0 Å². The van der Waals surface area contributed by atoms with Crippen molar-refractivity contribution in [3.8, 4) is 0 Å². The van der Waals surface area contributed by atoms with Crippen LogP contribution in [0.15, 0.2) is 54.6 Å². The number of para-hydroxylation sites is 2. The zero-order valence-electron chi connectivity index (χ0n) is 10.1. The summed E-state index contributed by atoms with van der Waals surface area (Å²) in [6, 6.07) is 8.06. The molecular formula is C15H16N2. The highest BCUT2D eigenvalue weighted by molar-refractivity contribution is 5.80. The minimum absolute atomic E-state index is 0.912. The summed E-state index contributed by atoms with van der Waals surface area (Å²) in [5, 5.41) is 0. The third kappa shape index (κ3) is 2.53. The smallest absolute Gasteiger partial charge is 0.138 e. The molecule has 1 aromatic heterocycles. The molecule has 0 fully saturated rings. The number of rotatable bonds is 3. The van der Waals surface area contributed by atoms with Gasteiger partial charge in [0.05, 0.1) is 11.0 Å². The second kappa shape index (κ2) is 5.30. The van der Waals surface area contributed by atoms with Gasteiger partial charge in [0.25, 0.3) is 0 Å². The Morgan fingerprint density at radius 1 is 1.18 bits per heavy atom. The minimum Gasteiger partial charge on any atom is -0.338 e. The van der Waals surface area contributed by atoms with Crippen LogP contribution >= 0.6 is 0 Å². The summed E-state index contributed by atoms with van der Waals surface area (Å²) in [5.41, 5.74) is 3.17. The van der Waals surface area contributed by atoms with E-state index in [1.807, 2.05) is 56.3 Å². The van der Waals surface area contributed by atoms with E-state index in [1.165, 1.54) is 0 Å². The van der Waals surface area contributed by atoms with E-state index in [4.69, 9.17) is 0 Å². The van der Waals surface area contributed by atoms with E-state index in [2.05, 4.69) is 22.1 Å². The van der Waals surface area contributed by atoms with Gasteiger partial charge in [0.2, 0.25) is 0 Å². The fourth-order valence-electron chi connectivity index (χ4n) is 1.67. The molecule has 1 N–H and O–H groups in total. The maximum Gasteiger partial charge on any atom is 0.138 e. The number of H-pyrrole nitrogens is 1. The second-order valence-electron chi connectivity index (χ2n) is 3.73. The monoisotopic (exact) mass is 224 g/mol. The highest BCUT2D eigenvalue weighted by atomic mass is 14.9. The maximum absolute atomic E-state index is 4.56. The van der Waals surface area contributed by atoms with Gasteiger partial charge in [-0.25, -0.2) is 4.98 Å². The van der Waals surface area contributed by atoms with Gasteiger partial charge < -0.3 is 4.98 Å². The van der Waals surface area contributed by atoms with Gasteiger partial charge >= 0.3 is 0 Å². The minimum atomic E-state index is 0.912. The molecule has 0 unspecified atom stereocenters. The molecular weight excluding hydrogens is 208 g/mol. The normalized spacial score (nSPS) is 13.2. The topological polar surface area (TPSA) is 28.7 Å². The van der Waals surface area contributed by atoms with Crippen molar-refractivity contribution in [2.24, 2.45) is 0 Å². The van der Waals surface area contributed by atoms with Crippen molar-refractivity contribution >= 4 is 16.6 Å². The fourth-order valence-corrected chi connectivity index (χ4v) is 1.67. The summed E-state index contributed by atoms with van der Waals surface area (Å²) >= 11 is 0. The van der Waals surface area contributed by atoms with Crippen LogP contribution in [-0.4, -0.2) is 9.97 Å². The average Bonchev–Trinajstić information content (AvgIpc) is 2.78. The number of fused-ring (bicyclic) bond motifs is 1. The summed E-state index contributed by atoms with van der Waals surface area (Å²) in [7, 11) is 0. The van der Waals surface area contributed by atoms with Gasteiger partial charge in [0.1, 0.15) is 5.82 Å². The molecule has 0 radical (unpaired) electrons. The Morgan fingerprint density at radius 3 is 2.71 bits per heavy atom. The first-order valence-electron chi connectivity index (χ1n) is 5.76. The highest BCUT2D eigenvalue weighted by Gasteiger charge is 2.03. The van der Waals surface area contributed by atoms with Crippen LogP contribution in [0.2, 0.25) is 0 Å². The van der Waals surface area contributed by atoms with Crippen LogP contribution in [0.3, 0.4) is 0 Å². The van der Waals surface area contributed by atoms with Crippen LogP contribution in [0.1, 0.15) is 19.7 Å². The molecule has 2 nitrogen and oxygen atoms in total. The third-order valence-corrected chi connectivity index (χ3v) is 2.55. The number of aromatic nitrogens is 2. The van der Waals surface area contributed by atoms with E-state index < -0.39 is 0 Å². The van der Waals surface area contributed by atoms with Crippen LogP contribution in [0.25, 0.3) is 16.6 Å². The number of nitrogens with zero attached hydrogens (tertiary/aromatic N) is 1. The predicted molar refractivity (Wildman–Crippen MR) is 73.7 cm³/mol. The van der Waals surface area contributed by atoms with E-state index in [1.54, 1.807) is 0 Å². The van der Waals surface area contributed by atoms with Crippen molar-refractivity contribution in [2.45, 2.75) is 13.8 Å². The van der Waals surface area contributed by atoms with Crippen molar-refractivity contribution in [3.05, 3.63) is 60.5 Å². The average molecular weight is 224 g/mol. The van der Waals surface area contributed by atoms with E-state index >= 15 is 0 Å². The lowest BCUT2D eigenvalue weighted by atomic mass is 10.2. The van der Waals surface area contributed by atoms with E-state index in [-0.39, 0.29) is 0 Å². The van der Waals surface area contributed by atoms with Crippen LogP contribution in [0.5, 0.6) is 0 Å². The lowest BCUT2D eigenvalue weighted by Crippen LogP contribution is -1.82. The molecule has 86 valence electrons. The zero-order chi connectivity index (χ0) is 12.1. The van der Waals surface area contributed by atoms with Crippen molar-refractivity contribution in [3.63, 3.8) is 0 Å². The molecule has 0 atom stereocenters. The first kappa shape index (κ1) is 11.4. The van der Waals surface area contributed by atoms with Gasteiger partial charge in [-0.1, -0.05) is 42.5 Å². The number of nitrogens with one attached hydrogen (secondary N) is 1. The fraction of sp³-hybridized carbons (Fsp3) is 0.133. The van der Waals surface area contributed by atoms with Gasteiger partial charge in [-0.15, -0.1) is 0 Å². The van der Waals surface area contributed by atoms with Gasteiger partial charge in [-0.3, -0.25) is 0 Å². The lowest BCUT2D eigenvalue weighted by molar-refractivity contribution is 1.27. The van der Waals surface area contributed by atoms with Crippen LogP contribution in [0, 0.1) is 0 Å². The molecule has 0 amide bonds. The maximum atomic E-state index is 4.56. The standard InChI is InChI=1S/C15H16N2/c1-3-5-6-9-12(4-2)15-16-13-10-7-8-11-14(13)17-15/h3-11H,1-2H3,(H,16,17)/b5-3-,9-6-,12-4+. The number of aromatic amines is 1. The summed E-state index contributed by atoms with van der Waals surface area (Å²) in [5.74, 6) is 0.912. The number of allylic oxidation sites excluding steroid dienone is 6. The summed E-state index contributed by atoms with van der Waals surface area (Å²) in [6.45, 7) is 4.02. The number of hydrogen-bond donors (Lipinski definition) is 1. The Balaban J connectivity index is 2.37. The molecule has 0 aliphatic rings. The molecule has 0 bridgehead atoms. The van der Waals surface area contributed by atoms with Crippen LogP contribution < -0.4 is 0 Å². The Bertz CT molecular complexity index is 553. The molecule has 1 heterocycles. The molecule has 0 spiro atoms. The van der Waals surface area contributed by atoms with E-state index in [0.29, 0.717) is 0 Å². The quantitative estimate of drug-likeness (QED) is 0.781.